The van der Waals surface area contributed by atoms with Crippen molar-refractivity contribution in [1.29, 1.82) is 0 Å². The van der Waals surface area contributed by atoms with Crippen LogP contribution in [0, 0.1) is 5.92 Å². The summed E-state index contributed by atoms with van der Waals surface area (Å²) in [6.07, 6.45) is 3.22. The molecule has 3 unspecified atom stereocenters. The molecule has 0 aromatic heterocycles. The zero-order chi connectivity index (χ0) is 12.5. The van der Waals surface area contributed by atoms with Gasteiger partial charge in [-0.15, -0.1) is 0 Å². The van der Waals surface area contributed by atoms with Gasteiger partial charge in [0.2, 0.25) is 0 Å². The van der Waals surface area contributed by atoms with Crippen molar-refractivity contribution in [3.63, 3.8) is 0 Å². The first-order chi connectivity index (χ1) is 8.78. The standard InChI is InChI=1S/C15H21NO2/c1-10-15(12-5-7-13(17-2)8-6-12)18-14(9-16-10)11-3-4-11/h5-8,10-11,14-16H,3-4,9H2,1-2H3. The number of rotatable bonds is 3. The van der Waals surface area contributed by atoms with Crippen molar-refractivity contribution in [1.82, 2.24) is 5.32 Å². The Kier molecular flexibility index (Phi) is 3.27. The van der Waals surface area contributed by atoms with Gasteiger partial charge in [0.15, 0.2) is 0 Å². The summed E-state index contributed by atoms with van der Waals surface area (Å²) in [7, 11) is 1.69. The Morgan fingerprint density at radius 1 is 1.22 bits per heavy atom. The third kappa shape index (κ3) is 2.38. The van der Waals surface area contributed by atoms with Crippen LogP contribution in [0.2, 0.25) is 0 Å². The summed E-state index contributed by atoms with van der Waals surface area (Å²) in [6, 6.07) is 8.60. The zero-order valence-electron chi connectivity index (χ0n) is 11.1. The molecular formula is C15H21NO2. The molecule has 1 aliphatic heterocycles. The smallest absolute Gasteiger partial charge is 0.118 e. The van der Waals surface area contributed by atoms with Crippen LogP contribution in [-0.2, 0) is 4.74 Å². The molecule has 3 heteroatoms. The van der Waals surface area contributed by atoms with E-state index in [-0.39, 0.29) is 6.10 Å². The van der Waals surface area contributed by atoms with Crippen LogP contribution >= 0.6 is 0 Å². The maximum atomic E-state index is 6.28. The lowest BCUT2D eigenvalue weighted by molar-refractivity contribution is -0.0707. The van der Waals surface area contributed by atoms with Crippen LogP contribution in [0.15, 0.2) is 24.3 Å². The lowest BCUT2D eigenvalue weighted by Gasteiger charge is -2.36. The highest BCUT2D eigenvalue weighted by Crippen LogP contribution is 2.39. The van der Waals surface area contributed by atoms with Gasteiger partial charge >= 0.3 is 0 Å². The van der Waals surface area contributed by atoms with E-state index in [2.05, 4.69) is 24.4 Å². The Labute approximate surface area is 108 Å². The summed E-state index contributed by atoms with van der Waals surface area (Å²) in [5.74, 6) is 1.68. The molecule has 3 nitrogen and oxygen atoms in total. The number of hydrogen-bond acceptors (Lipinski definition) is 3. The average molecular weight is 247 g/mol. The van der Waals surface area contributed by atoms with Gasteiger partial charge < -0.3 is 14.8 Å². The van der Waals surface area contributed by atoms with Crippen molar-refractivity contribution in [3.05, 3.63) is 29.8 Å². The normalized spacial score (nSPS) is 32.2. The number of hydrogen-bond donors (Lipinski definition) is 1. The second-order valence-electron chi connectivity index (χ2n) is 5.40. The van der Waals surface area contributed by atoms with Crippen LogP contribution in [0.3, 0.4) is 0 Å². The Morgan fingerprint density at radius 3 is 2.56 bits per heavy atom. The van der Waals surface area contributed by atoms with Crippen molar-refractivity contribution < 1.29 is 9.47 Å². The fourth-order valence-corrected chi connectivity index (χ4v) is 2.67. The quantitative estimate of drug-likeness (QED) is 0.890. The van der Waals surface area contributed by atoms with Gasteiger partial charge in [0.05, 0.1) is 19.3 Å². The highest BCUT2D eigenvalue weighted by Gasteiger charge is 2.38. The van der Waals surface area contributed by atoms with Crippen LogP contribution in [0.5, 0.6) is 5.75 Å². The van der Waals surface area contributed by atoms with Gasteiger partial charge in [0, 0.05) is 12.6 Å². The minimum atomic E-state index is 0.162. The highest BCUT2D eigenvalue weighted by molar-refractivity contribution is 5.29. The van der Waals surface area contributed by atoms with E-state index in [9.17, 15) is 0 Å². The Balaban J connectivity index is 1.74. The van der Waals surface area contributed by atoms with Crippen LogP contribution < -0.4 is 10.1 Å². The number of ether oxygens (including phenoxy) is 2. The van der Waals surface area contributed by atoms with Crippen molar-refractivity contribution in [2.45, 2.75) is 38.0 Å². The van der Waals surface area contributed by atoms with E-state index in [1.165, 1.54) is 18.4 Å². The monoisotopic (exact) mass is 247 g/mol. The fraction of sp³-hybridized carbons (Fsp3) is 0.600. The fourth-order valence-electron chi connectivity index (χ4n) is 2.67. The Morgan fingerprint density at radius 2 is 1.94 bits per heavy atom. The van der Waals surface area contributed by atoms with E-state index < -0.39 is 0 Å². The zero-order valence-corrected chi connectivity index (χ0v) is 11.1. The molecule has 18 heavy (non-hydrogen) atoms. The van der Waals surface area contributed by atoms with Gasteiger partial charge in [-0.25, -0.2) is 0 Å². The molecule has 0 radical (unpaired) electrons. The molecule has 1 aliphatic carbocycles. The van der Waals surface area contributed by atoms with E-state index >= 15 is 0 Å². The predicted molar refractivity (Wildman–Crippen MR) is 70.8 cm³/mol. The first kappa shape index (κ1) is 12.0. The van der Waals surface area contributed by atoms with E-state index in [0.717, 1.165) is 18.2 Å². The second kappa shape index (κ2) is 4.90. The average Bonchev–Trinajstić information content (AvgIpc) is 3.24. The minimum absolute atomic E-state index is 0.162. The molecule has 0 spiro atoms. The lowest BCUT2D eigenvalue weighted by atomic mass is 10.00. The molecule has 1 heterocycles. The number of nitrogens with one attached hydrogen (secondary N) is 1. The first-order valence-corrected chi connectivity index (χ1v) is 6.80. The van der Waals surface area contributed by atoms with Gasteiger partial charge in [-0.05, 0) is 43.4 Å². The summed E-state index contributed by atoms with van der Waals surface area (Å²) in [4.78, 5) is 0. The van der Waals surface area contributed by atoms with Gasteiger partial charge in [0.1, 0.15) is 5.75 Å². The number of benzene rings is 1. The SMILES string of the molecule is COc1ccc(C2OC(C3CC3)CNC2C)cc1. The van der Waals surface area contributed by atoms with Crippen molar-refractivity contribution in [3.8, 4) is 5.75 Å². The molecule has 2 aliphatic rings. The number of morpholine rings is 1. The van der Waals surface area contributed by atoms with Crippen LogP contribution in [0.4, 0.5) is 0 Å². The molecular weight excluding hydrogens is 226 g/mol. The molecule has 1 N–H and O–H groups in total. The molecule has 0 bridgehead atoms. The van der Waals surface area contributed by atoms with Crippen molar-refractivity contribution in [2.75, 3.05) is 13.7 Å². The summed E-state index contributed by atoms with van der Waals surface area (Å²) in [5.41, 5.74) is 1.24. The summed E-state index contributed by atoms with van der Waals surface area (Å²) >= 11 is 0. The van der Waals surface area contributed by atoms with Crippen LogP contribution in [0.1, 0.15) is 31.4 Å². The topological polar surface area (TPSA) is 30.5 Å². The molecule has 1 saturated heterocycles. The van der Waals surface area contributed by atoms with Gasteiger partial charge in [-0.3, -0.25) is 0 Å². The highest BCUT2D eigenvalue weighted by atomic mass is 16.5. The summed E-state index contributed by atoms with van der Waals surface area (Å²) < 4.78 is 11.5. The molecule has 1 aromatic rings. The molecule has 98 valence electrons. The van der Waals surface area contributed by atoms with Crippen LogP contribution in [0.25, 0.3) is 0 Å². The van der Waals surface area contributed by atoms with Crippen molar-refractivity contribution in [2.24, 2.45) is 5.92 Å². The van der Waals surface area contributed by atoms with E-state index in [0.29, 0.717) is 12.1 Å². The number of methoxy groups -OCH3 is 1. The molecule has 0 amide bonds. The molecule has 1 aromatic carbocycles. The third-order valence-corrected chi connectivity index (χ3v) is 4.01. The molecule has 1 saturated carbocycles. The maximum absolute atomic E-state index is 6.28. The van der Waals surface area contributed by atoms with Gasteiger partial charge in [0.25, 0.3) is 0 Å². The van der Waals surface area contributed by atoms with Gasteiger partial charge in [-0.2, -0.15) is 0 Å². The first-order valence-electron chi connectivity index (χ1n) is 6.80. The second-order valence-corrected chi connectivity index (χ2v) is 5.40. The largest absolute Gasteiger partial charge is 0.497 e. The predicted octanol–water partition coefficient (Wildman–Crippen LogP) is 2.52. The lowest BCUT2D eigenvalue weighted by Crippen LogP contribution is -2.47. The molecule has 3 rings (SSSR count). The summed E-state index contributed by atoms with van der Waals surface area (Å²) in [5, 5.41) is 3.57. The minimum Gasteiger partial charge on any atom is -0.497 e. The van der Waals surface area contributed by atoms with E-state index in [1.807, 2.05) is 12.1 Å². The Hall–Kier alpha value is -1.06. The van der Waals surface area contributed by atoms with Crippen LogP contribution in [-0.4, -0.2) is 25.8 Å². The Bertz CT molecular complexity index is 399. The van der Waals surface area contributed by atoms with E-state index in [4.69, 9.17) is 9.47 Å². The maximum Gasteiger partial charge on any atom is 0.118 e. The van der Waals surface area contributed by atoms with E-state index in [1.54, 1.807) is 7.11 Å². The molecule has 3 atom stereocenters. The summed E-state index contributed by atoms with van der Waals surface area (Å²) in [6.45, 7) is 3.19. The molecule has 2 fully saturated rings. The third-order valence-electron chi connectivity index (χ3n) is 4.01. The van der Waals surface area contributed by atoms with Crippen molar-refractivity contribution >= 4 is 0 Å². The van der Waals surface area contributed by atoms with Gasteiger partial charge in [-0.1, -0.05) is 12.1 Å².